The summed E-state index contributed by atoms with van der Waals surface area (Å²) in [7, 11) is 4.04. The SMILES string of the molecule is CNc1cc(C)c(CC(=O)NCC2=CCC=C(N3CCN(C)CC3)C=C2)cc1-c1c(C=O)cnn1C1CCOCC1. The molecular formula is C32H42N6O3. The molecule has 3 heterocycles. The van der Waals surface area contributed by atoms with Crippen molar-refractivity contribution in [3.05, 3.63) is 70.6 Å². The van der Waals surface area contributed by atoms with E-state index in [1.54, 1.807) is 6.20 Å². The summed E-state index contributed by atoms with van der Waals surface area (Å²) in [5.41, 5.74) is 7.44. The first-order valence-electron chi connectivity index (χ1n) is 14.7. The van der Waals surface area contributed by atoms with Crippen LogP contribution < -0.4 is 10.6 Å². The number of amides is 1. The van der Waals surface area contributed by atoms with Gasteiger partial charge in [-0.15, -0.1) is 0 Å². The molecule has 1 aliphatic carbocycles. The van der Waals surface area contributed by atoms with E-state index in [4.69, 9.17) is 4.74 Å². The van der Waals surface area contributed by atoms with Crippen LogP contribution in [0.25, 0.3) is 11.3 Å². The van der Waals surface area contributed by atoms with Crippen molar-refractivity contribution in [2.45, 2.75) is 38.6 Å². The molecule has 9 heteroatoms. The summed E-state index contributed by atoms with van der Waals surface area (Å²) < 4.78 is 7.52. The minimum absolute atomic E-state index is 0.0318. The molecule has 2 aliphatic heterocycles. The van der Waals surface area contributed by atoms with E-state index in [0.29, 0.717) is 25.3 Å². The molecular weight excluding hydrogens is 516 g/mol. The normalized spacial score (nSPS) is 18.5. The second kappa shape index (κ2) is 13.3. The van der Waals surface area contributed by atoms with Gasteiger partial charge in [0.1, 0.15) is 0 Å². The summed E-state index contributed by atoms with van der Waals surface area (Å²) in [6, 6.07) is 4.26. The molecule has 0 bridgehead atoms. The van der Waals surface area contributed by atoms with Gasteiger partial charge >= 0.3 is 0 Å². The fraction of sp³-hybridized carbons (Fsp3) is 0.469. The number of carbonyl (C=O) groups is 2. The van der Waals surface area contributed by atoms with Gasteiger partial charge < -0.3 is 25.2 Å². The molecule has 2 saturated heterocycles. The molecule has 2 aromatic rings. The van der Waals surface area contributed by atoms with Crippen molar-refractivity contribution in [2.24, 2.45) is 0 Å². The number of carbonyl (C=O) groups excluding carboxylic acids is 2. The highest BCUT2D eigenvalue weighted by atomic mass is 16.5. The third kappa shape index (κ3) is 6.80. The van der Waals surface area contributed by atoms with Crippen LogP contribution in [0.4, 0.5) is 5.69 Å². The predicted octanol–water partition coefficient (Wildman–Crippen LogP) is 3.74. The predicted molar refractivity (Wildman–Crippen MR) is 162 cm³/mol. The fourth-order valence-corrected chi connectivity index (χ4v) is 5.82. The third-order valence-corrected chi connectivity index (χ3v) is 8.37. The molecule has 1 aromatic heterocycles. The smallest absolute Gasteiger partial charge is 0.224 e. The summed E-state index contributed by atoms with van der Waals surface area (Å²) in [4.78, 5) is 30.0. The van der Waals surface area contributed by atoms with E-state index in [-0.39, 0.29) is 18.4 Å². The zero-order valence-corrected chi connectivity index (χ0v) is 24.5. The maximum absolute atomic E-state index is 13.1. The number of likely N-dealkylation sites (N-methyl/N-ethyl adjacent to an activating group) is 1. The van der Waals surface area contributed by atoms with Gasteiger partial charge in [-0.2, -0.15) is 5.10 Å². The first kappa shape index (κ1) is 28.8. The van der Waals surface area contributed by atoms with Crippen molar-refractivity contribution >= 4 is 17.9 Å². The first-order valence-corrected chi connectivity index (χ1v) is 14.7. The largest absolute Gasteiger partial charge is 0.388 e. The topological polar surface area (TPSA) is 91.7 Å². The number of hydrogen-bond acceptors (Lipinski definition) is 7. The molecule has 2 N–H and O–H groups in total. The molecule has 1 amide bonds. The van der Waals surface area contributed by atoms with Gasteiger partial charge in [0.05, 0.1) is 29.9 Å². The van der Waals surface area contributed by atoms with E-state index in [9.17, 15) is 9.59 Å². The number of rotatable bonds is 9. The Morgan fingerprint density at radius 1 is 1.12 bits per heavy atom. The Kier molecular flexibility index (Phi) is 9.36. The van der Waals surface area contributed by atoms with E-state index in [0.717, 1.165) is 85.4 Å². The van der Waals surface area contributed by atoms with Crippen molar-refractivity contribution < 1.29 is 14.3 Å². The zero-order valence-electron chi connectivity index (χ0n) is 24.5. The maximum atomic E-state index is 13.1. The molecule has 0 radical (unpaired) electrons. The van der Waals surface area contributed by atoms with Crippen molar-refractivity contribution in [1.29, 1.82) is 0 Å². The third-order valence-electron chi connectivity index (χ3n) is 8.37. The lowest BCUT2D eigenvalue weighted by Gasteiger charge is -2.34. The van der Waals surface area contributed by atoms with Crippen LogP contribution in [-0.2, 0) is 16.0 Å². The van der Waals surface area contributed by atoms with Gasteiger partial charge in [-0.25, -0.2) is 0 Å². The molecule has 218 valence electrons. The second-order valence-corrected chi connectivity index (χ2v) is 11.1. The summed E-state index contributed by atoms with van der Waals surface area (Å²) >= 11 is 0. The number of piperazine rings is 1. The highest BCUT2D eigenvalue weighted by molar-refractivity contribution is 5.91. The van der Waals surface area contributed by atoms with Gasteiger partial charge in [0.15, 0.2) is 6.29 Å². The Hall–Kier alpha value is -3.69. The number of aryl methyl sites for hydroxylation is 1. The molecule has 1 aromatic carbocycles. The molecule has 9 nitrogen and oxygen atoms in total. The van der Waals surface area contributed by atoms with E-state index in [1.807, 2.05) is 24.7 Å². The number of ether oxygens (including phenoxy) is 1. The Morgan fingerprint density at radius 3 is 2.63 bits per heavy atom. The average molecular weight is 559 g/mol. The Balaban J connectivity index is 1.28. The molecule has 3 aliphatic rings. The Labute approximate surface area is 242 Å². The van der Waals surface area contributed by atoms with Crippen LogP contribution in [0.2, 0.25) is 0 Å². The van der Waals surface area contributed by atoms with E-state index < -0.39 is 0 Å². The van der Waals surface area contributed by atoms with Crippen LogP contribution >= 0.6 is 0 Å². The number of benzene rings is 1. The lowest BCUT2D eigenvalue weighted by molar-refractivity contribution is -0.120. The monoisotopic (exact) mass is 558 g/mol. The fourth-order valence-electron chi connectivity index (χ4n) is 5.82. The lowest BCUT2D eigenvalue weighted by Crippen LogP contribution is -2.43. The lowest BCUT2D eigenvalue weighted by atomic mass is 9.96. The summed E-state index contributed by atoms with van der Waals surface area (Å²) in [5, 5.41) is 11.0. The van der Waals surface area contributed by atoms with E-state index >= 15 is 0 Å². The number of nitrogens with one attached hydrogen (secondary N) is 2. The van der Waals surface area contributed by atoms with Gasteiger partial charge in [-0.3, -0.25) is 14.3 Å². The summed E-state index contributed by atoms with van der Waals surface area (Å²) in [5.74, 6) is -0.0318. The van der Waals surface area contributed by atoms with Gasteiger partial charge in [0.2, 0.25) is 5.91 Å². The molecule has 0 spiro atoms. The number of anilines is 1. The Bertz CT molecular complexity index is 1340. The van der Waals surface area contributed by atoms with Crippen LogP contribution in [0.5, 0.6) is 0 Å². The summed E-state index contributed by atoms with van der Waals surface area (Å²) in [6.45, 7) is 8.10. The van der Waals surface area contributed by atoms with Gasteiger partial charge in [0.25, 0.3) is 0 Å². The average Bonchev–Trinajstić information content (AvgIpc) is 3.28. The van der Waals surface area contributed by atoms with Gasteiger partial charge in [-0.05, 0) is 68.1 Å². The summed E-state index contributed by atoms with van der Waals surface area (Å²) in [6.07, 6.45) is 14.1. The van der Waals surface area contributed by atoms with E-state index in [2.05, 4.69) is 63.0 Å². The van der Waals surface area contributed by atoms with Crippen LogP contribution in [0, 0.1) is 6.92 Å². The first-order chi connectivity index (χ1) is 20.0. The van der Waals surface area contributed by atoms with Crippen LogP contribution in [0.3, 0.4) is 0 Å². The van der Waals surface area contributed by atoms with Gasteiger partial charge in [-0.1, -0.05) is 18.2 Å². The number of allylic oxidation sites excluding steroid dienone is 3. The number of hydrogen-bond donors (Lipinski definition) is 2. The second-order valence-electron chi connectivity index (χ2n) is 11.1. The van der Waals surface area contributed by atoms with Crippen molar-refractivity contribution in [3.63, 3.8) is 0 Å². The molecule has 0 unspecified atom stereocenters. The highest BCUT2D eigenvalue weighted by Gasteiger charge is 2.24. The minimum Gasteiger partial charge on any atom is -0.388 e. The molecule has 2 fully saturated rings. The number of nitrogens with zero attached hydrogens (tertiary/aromatic N) is 4. The molecule has 41 heavy (non-hydrogen) atoms. The number of aromatic nitrogens is 2. The molecule has 0 atom stereocenters. The molecule has 5 rings (SSSR count). The van der Waals surface area contributed by atoms with Crippen LogP contribution in [0.1, 0.15) is 46.8 Å². The highest BCUT2D eigenvalue weighted by Crippen LogP contribution is 2.36. The van der Waals surface area contributed by atoms with Crippen LogP contribution in [-0.4, -0.2) is 91.8 Å². The van der Waals surface area contributed by atoms with Crippen LogP contribution in [0.15, 0.2) is 53.9 Å². The standard InChI is InChI=1S/C32H42N6O3/c1-23-17-30(33-2)29(32-26(22-39)21-35-38(32)28-9-15-41-16-10-28)18-25(23)19-31(40)34-20-24-5-4-6-27(8-7-24)37-13-11-36(3)12-14-37/h5-8,17-18,21-22,28,33H,4,9-16,19-20H2,1-3H3,(H,34,40). The van der Waals surface area contributed by atoms with Crippen molar-refractivity contribution in [1.82, 2.24) is 24.9 Å². The minimum atomic E-state index is -0.0318. The zero-order chi connectivity index (χ0) is 28.8. The molecule has 0 saturated carbocycles. The maximum Gasteiger partial charge on any atom is 0.224 e. The van der Waals surface area contributed by atoms with E-state index in [1.165, 1.54) is 5.70 Å². The quantitative estimate of drug-likeness (QED) is 0.453. The van der Waals surface area contributed by atoms with Gasteiger partial charge in [0, 0.05) is 69.9 Å². The number of aldehydes is 1. The van der Waals surface area contributed by atoms with Crippen molar-refractivity contribution in [2.75, 3.05) is 65.3 Å². The van der Waals surface area contributed by atoms with Crippen molar-refractivity contribution in [3.8, 4) is 11.3 Å². The Morgan fingerprint density at radius 2 is 1.90 bits per heavy atom.